The Hall–Kier alpha value is -2.94. The highest BCUT2D eigenvalue weighted by molar-refractivity contribution is 7.97. The van der Waals surface area contributed by atoms with Crippen molar-refractivity contribution in [2.45, 2.75) is 36.2 Å². The maximum atomic E-state index is 11.0. The van der Waals surface area contributed by atoms with E-state index in [-0.39, 0.29) is 18.5 Å². The molecule has 184 valence electrons. The Balaban J connectivity index is 0.000000203. The van der Waals surface area contributed by atoms with Gasteiger partial charge in [-0.1, -0.05) is 66.7 Å². The maximum Gasteiger partial charge on any atom is 0.248 e. The van der Waals surface area contributed by atoms with Crippen molar-refractivity contribution >= 4 is 17.9 Å². The smallest absolute Gasteiger partial charge is 0.248 e. The van der Waals surface area contributed by atoms with Crippen molar-refractivity contribution in [3.8, 4) is 11.1 Å². The summed E-state index contributed by atoms with van der Waals surface area (Å²) in [7, 11) is 0. The molecule has 0 radical (unpaired) electrons. The van der Waals surface area contributed by atoms with Crippen LogP contribution in [0.3, 0.4) is 0 Å². The van der Waals surface area contributed by atoms with Crippen LogP contribution in [-0.4, -0.2) is 42.7 Å². The fourth-order valence-corrected chi connectivity index (χ4v) is 4.28. The highest BCUT2D eigenvalue weighted by Crippen LogP contribution is 2.22. The summed E-state index contributed by atoms with van der Waals surface area (Å²) in [6.45, 7) is 4.72. The first kappa shape index (κ1) is 26.7. The normalized spacial score (nSPS) is 19.3. The summed E-state index contributed by atoms with van der Waals surface area (Å²) < 4.78 is 14.5. The molecule has 1 aliphatic heterocycles. The minimum Gasteiger partial charge on any atom is -0.393 e. The first-order valence-electron chi connectivity index (χ1n) is 11.5. The molecular weight excluding hydrogens is 460 g/mol. The van der Waals surface area contributed by atoms with E-state index in [0.29, 0.717) is 31.6 Å². The highest BCUT2D eigenvalue weighted by atomic mass is 32.2. The van der Waals surface area contributed by atoms with Gasteiger partial charge in [0, 0.05) is 29.8 Å². The molecule has 35 heavy (non-hydrogen) atoms. The van der Waals surface area contributed by atoms with Crippen molar-refractivity contribution in [3.05, 3.63) is 103 Å². The van der Waals surface area contributed by atoms with E-state index in [1.165, 1.54) is 0 Å². The number of aliphatic hydroxyl groups excluding tert-OH is 1. The van der Waals surface area contributed by atoms with E-state index < -0.39 is 5.91 Å². The van der Waals surface area contributed by atoms with Gasteiger partial charge in [-0.15, -0.1) is 6.58 Å². The van der Waals surface area contributed by atoms with Crippen molar-refractivity contribution in [2.75, 3.05) is 13.2 Å². The average molecular weight is 493 g/mol. The third-order valence-electron chi connectivity index (χ3n) is 5.24. The molecule has 4 N–H and O–H groups in total. The molecule has 0 aromatic heterocycles. The SMILES string of the molecule is C=CCOC1CC(O)CC(CNSc2ccccc2)O1.NC(=O)c1cccc(-c2ccccc2)c1. The molecule has 0 bridgehead atoms. The van der Waals surface area contributed by atoms with E-state index in [1.807, 2.05) is 72.8 Å². The zero-order chi connectivity index (χ0) is 24.9. The van der Waals surface area contributed by atoms with Crippen LogP contribution in [0.2, 0.25) is 0 Å². The van der Waals surface area contributed by atoms with Crippen molar-refractivity contribution in [2.24, 2.45) is 5.73 Å². The molecule has 0 spiro atoms. The Morgan fingerprint density at radius 3 is 2.43 bits per heavy atom. The number of nitrogens with one attached hydrogen (secondary N) is 1. The number of primary amides is 1. The van der Waals surface area contributed by atoms with Gasteiger partial charge in [-0.3, -0.25) is 9.52 Å². The molecule has 3 aromatic carbocycles. The summed E-state index contributed by atoms with van der Waals surface area (Å²) >= 11 is 1.57. The topological polar surface area (TPSA) is 93.8 Å². The van der Waals surface area contributed by atoms with Gasteiger partial charge < -0.3 is 20.3 Å². The molecular formula is C28H32N2O4S. The van der Waals surface area contributed by atoms with Gasteiger partial charge in [0.05, 0.1) is 18.8 Å². The van der Waals surface area contributed by atoms with Crippen LogP contribution in [0.1, 0.15) is 23.2 Å². The van der Waals surface area contributed by atoms with Crippen LogP contribution >= 0.6 is 11.9 Å². The van der Waals surface area contributed by atoms with E-state index >= 15 is 0 Å². The van der Waals surface area contributed by atoms with E-state index in [1.54, 1.807) is 30.2 Å². The van der Waals surface area contributed by atoms with Crippen LogP contribution in [0, 0.1) is 0 Å². The van der Waals surface area contributed by atoms with Gasteiger partial charge in [0.15, 0.2) is 6.29 Å². The third kappa shape index (κ3) is 9.32. The molecule has 1 heterocycles. The Labute approximate surface area is 211 Å². The summed E-state index contributed by atoms with van der Waals surface area (Å²) in [4.78, 5) is 12.2. The van der Waals surface area contributed by atoms with Crippen molar-refractivity contribution in [3.63, 3.8) is 0 Å². The molecule has 3 atom stereocenters. The number of benzene rings is 3. The molecule has 4 rings (SSSR count). The number of carbonyl (C=O) groups excluding carboxylic acids is 1. The Kier molecular flexibility index (Phi) is 11.0. The number of amides is 1. The fraction of sp³-hybridized carbons (Fsp3) is 0.250. The molecule has 1 fully saturated rings. The number of ether oxygens (including phenoxy) is 2. The zero-order valence-electron chi connectivity index (χ0n) is 19.6. The first-order valence-corrected chi connectivity index (χ1v) is 12.3. The molecule has 7 heteroatoms. The van der Waals surface area contributed by atoms with E-state index in [9.17, 15) is 9.90 Å². The Morgan fingerprint density at radius 2 is 1.74 bits per heavy atom. The van der Waals surface area contributed by atoms with Crippen LogP contribution < -0.4 is 10.5 Å². The molecule has 6 nitrogen and oxygen atoms in total. The van der Waals surface area contributed by atoms with E-state index in [0.717, 1.165) is 16.0 Å². The van der Waals surface area contributed by atoms with Gasteiger partial charge in [-0.2, -0.15) is 0 Å². The quantitative estimate of drug-likeness (QED) is 0.293. The van der Waals surface area contributed by atoms with Crippen LogP contribution in [0.15, 0.2) is 102 Å². The fourth-order valence-electron chi connectivity index (χ4n) is 3.55. The molecule has 3 aromatic rings. The predicted octanol–water partition coefficient (Wildman–Crippen LogP) is 4.80. The minimum atomic E-state index is -0.396. The minimum absolute atomic E-state index is 0.0372. The van der Waals surface area contributed by atoms with Crippen LogP contribution in [-0.2, 0) is 9.47 Å². The van der Waals surface area contributed by atoms with Gasteiger partial charge >= 0.3 is 0 Å². The lowest BCUT2D eigenvalue weighted by Gasteiger charge is -2.32. The van der Waals surface area contributed by atoms with E-state index in [4.69, 9.17) is 15.2 Å². The third-order valence-corrected chi connectivity index (χ3v) is 6.06. The predicted molar refractivity (Wildman–Crippen MR) is 141 cm³/mol. The molecule has 1 saturated heterocycles. The summed E-state index contributed by atoms with van der Waals surface area (Å²) in [5, 5.41) is 9.85. The number of hydrogen-bond acceptors (Lipinski definition) is 6. The first-order chi connectivity index (χ1) is 17.0. The Morgan fingerprint density at radius 1 is 1.06 bits per heavy atom. The number of aliphatic hydroxyl groups is 1. The van der Waals surface area contributed by atoms with Crippen molar-refractivity contribution in [1.29, 1.82) is 0 Å². The zero-order valence-corrected chi connectivity index (χ0v) is 20.4. The molecule has 0 aliphatic carbocycles. The van der Waals surface area contributed by atoms with Crippen LogP contribution in [0.5, 0.6) is 0 Å². The van der Waals surface area contributed by atoms with Crippen LogP contribution in [0.25, 0.3) is 11.1 Å². The Bertz CT molecular complexity index is 1050. The number of hydrogen-bond donors (Lipinski definition) is 3. The standard InChI is InChI=1S/C15H21NO3S.C13H11NO/c1-2-8-18-15-10-12(17)9-13(19-15)11-16-20-14-6-4-3-5-7-14;14-13(15)12-8-4-7-11(9-12)10-5-2-1-3-6-10/h2-7,12-13,15-17H,1,8-11H2;1-9H,(H2,14,15). The summed E-state index contributed by atoms with van der Waals surface area (Å²) in [6, 6.07) is 27.3. The van der Waals surface area contributed by atoms with Crippen molar-refractivity contribution < 1.29 is 19.4 Å². The summed E-state index contributed by atoms with van der Waals surface area (Å²) in [5.74, 6) is -0.396. The molecule has 0 saturated carbocycles. The highest BCUT2D eigenvalue weighted by Gasteiger charge is 2.28. The second-order valence-electron chi connectivity index (χ2n) is 8.01. The average Bonchev–Trinajstić information content (AvgIpc) is 2.89. The molecule has 1 aliphatic rings. The lowest BCUT2D eigenvalue weighted by molar-refractivity contribution is -0.208. The van der Waals surface area contributed by atoms with Gasteiger partial charge in [0.25, 0.3) is 0 Å². The second kappa shape index (κ2) is 14.5. The van der Waals surface area contributed by atoms with Gasteiger partial charge in [0.2, 0.25) is 5.91 Å². The lowest BCUT2D eigenvalue weighted by atomic mass is 10.0. The van der Waals surface area contributed by atoms with Gasteiger partial charge in [0.1, 0.15) is 0 Å². The van der Waals surface area contributed by atoms with Gasteiger partial charge in [-0.25, -0.2) is 0 Å². The van der Waals surface area contributed by atoms with Gasteiger partial charge in [-0.05, 0) is 47.3 Å². The molecule has 1 amide bonds. The number of rotatable bonds is 9. The summed E-state index contributed by atoms with van der Waals surface area (Å²) in [5.41, 5.74) is 7.85. The maximum absolute atomic E-state index is 11.0. The van der Waals surface area contributed by atoms with Crippen molar-refractivity contribution in [1.82, 2.24) is 4.72 Å². The monoisotopic (exact) mass is 492 g/mol. The number of carbonyl (C=O) groups is 1. The van der Waals surface area contributed by atoms with E-state index in [2.05, 4.69) is 11.3 Å². The summed E-state index contributed by atoms with van der Waals surface area (Å²) in [6.07, 6.45) is 2.09. The van der Waals surface area contributed by atoms with Crippen LogP contribution in [0.4, 0.5) is 0 Å². The molecule has 3 unspecified atom stereocenters. The lowest BCUT2D eigenvalue weighted by Crippen LogP contribution is -2.41. The second-order valence-corrected chi connectivity index (χ2v) is 8.97. The largest absolute Gasteiger partial charge is 0.393 e. The number of nitrogens with two attached hydrogens (primary N) is 1.